The Hall–Kier alpha value is -1.25. The summed E-state index contributed by atoms with van der Waals surface area (Å²) < 4.78 is 47.4. The minimum atomic E-state index is -4.67. The standard InChI is InChI=1S/C11H12F2N2O3S.ClH/c12-10(13)19(17,18)8-3-1-2-7(6-8)15-9(16)11(14)4-5-11;/h1-3,6,10H,4-5,14H2,(H,15,16);1H. The van der Waals surface area contributed by atoms with Crippen LogP contribution in [0.3, 0.4) is 0 Å². The quantitative estimate of drug-likeness (QED) is 0.878. The third-order valence-corrected chi connectivity index (χ3v) is 4.28. The summed E-state index contributed by atoms with van der Waals surface area (Å²) in [5.41, 5.74) is 4.87. The normalized spacial score (nSPS) is 16.4. The van der Waals surface area contributed by atoms with Crippen LogP contribution in [-0.4, -0.2) is 25.6 Å². The Morgan fingerprint density at radius 3 is 2.45 bits per heavy atom. The predicted molar refractivity (Wildman–Crippen MR) is 71.7 cm³/mol. The van der Waals surface area contributed by atoms with E-state index in [1.54, 1.807) is 0 Å². The molecule has 20 heavy (non-hydrogen) atoms. The fraction of sp³-hybridized carbons (Fsp3) is 0.364. The maximum Gasteiger partial charge on any atom is 0.341 e. The minimum absolute atomic E-state index is 0. The van der Waals surface area contributed by atoms with Crippen molar-refractivity contribution in [3.05, 3.63) is 24.3 Å². The zero-order chi connectivity index (χ0) is 14.3. The summed E-state index contributed by atoms with van der Waals surface area (Å²) in [6.07, 6.45) is 1.10. The second kappa shape index (κ2) is 5.63. The first-order chi connectivity index (χ1) is 8.75. The van der Waals surface area contributed by atoms with Gasteiger partial charge in [-0.3, -0.25) is 4.79 Å². The summed E-state index contributed by atoms with van der Waals surface area (Å²) in [4.78, 5) is 11.1. The van der Waals surface area contributed by atoms with Crippen LogP contribution in [0.5, 0.6) is 0 Å². The van der Waals surface area contributed by atoms with Gasteiger partial charge >= 0.3 is 5.76 Å². The first kappa shape index (κ1) is 16.8. The molecule has 1 aromatic rings. The van der Waals surface area contributed by atoms with Gasteiger partial charge in [-0.2, -0.15) is 8.78 Å². The lowest BCUT2D eigenvalue weighted by Crippen LogP contribution is -2.37. The van der Waals surface area contributed by atoms with Crippen molar-refractivity contribution in [2.75, 3.05) is 5.32 Å². The van der Waals surface area contributed by atoms with Crippen LogP contribution in [-0.2, 0) is 14.6 Å². The van der Waals surface area contributed by atoms with Crippen molar-refractivity contribution in [2.24, 2.45) is 5.73 Å². The van der Waals surface area contributed by atoms with Crippen molar-refractivity contribution in [3.63, 3.8) is 0 Å². The molecule has 0 saturated heterocycles. The van der Waals surface area contributed by atoms with Crippen LogP contribution < -0.4 is 11.1 Å². The number of nitrogens with two attached hydrogens (primary N) is 1. The number of benzene rings is 1. The van der Waals surface area contributed by atoms with Crippen LogP contribution in [0.2, 0.25) is 0 Å². The third-order valence-electron chi connectivity index (χ3n) is 2.90. The van der Waals surface area contributed by atoms with Crippen molar-refractivity contribution in [3.8, 4) is 0 Å². The van der Waals surface area contributed by atoms with Crippen molar-refractivity contribution in [2.45, 2.75) is 29.0 Å². The number of anilines is 1. The van der Waals surface area contributed by atoms with Gasteiger partial charge in [-0.1, -0.05) is 6.07 Å². The molecule has 0 bridgehead atoms. The predicted octanol–water partition coefficient (Wildman–Crippen LogP) is 1.53. The van der Waals surface area contributed by atoms with Crippen LogP contribution in [0.4, 0.5) is 14.5 Å². The van der Waals surface area contributed by atoms with E-state index in [1.807, 2.05) is 0 Å². The number of nitrogens with one attached hydrogen (secondary N) is 1. The number of rotatable bonds is 4. The lowest BCUT2D eigenvalue weighted by atomic mass is 10.2. The van der Waals surface area contributed by atoms with Gasteiger partial charge in [-0.25, -0.2) is 8.42 Å². The first-order valence-corrected chi connectivity index (χ1v) is 7.03. The summed E-state index contributed by atoms with van der Waals surface area (Å²) in [7, 11) is -4.67. The van der Waals surface area contributed by atoms with Crippen molar-refractivity contribution < 1.29 is 22.0 Å². The minimum Gasteiger partial charge on any atom is -0.324 e. The Morgan fingerprint density at radius 1 is 1.35 bits per heavy atom. The third kappa shape index (κ3) is 3.25. The number of carbonyl (C=O) groups is 1. The fourth-order valence-electron chi connectivity index (χ4n) is 1.47. The molecule has 0 unspecified atom stereocenters. The van der Waals surface area contributed by atoms with E-state index in [4.69, 9.17) is 5.73 Å². The monoisotopic (exact) mass is 326 g/mol. The highest BCUT2D eigenvalue weighted by molar-refractivity contribution is 7.91. The van der Waals surface area contributed by atoms with E-state index in [-0.39, 0.29) is 18.1 Å². The van der Waals surface area contributed by atoms with Gasteiger partial charge in [0.25, 0.3) is 0 Å². The number of hydrogen-bond acceptors (Lipinski definition) is 4. The highest BCUT2D eigenvalue weighted by Gasteiger charge is 2.46. The van der Waals surface area contributed by atoms with E-state index in [0.29, 0.717) is 12.8 Å². The molecule has 1 aliphatic carbocycles. The van der Waals surface area contributed by atoms with Crippen LogP contribution in [0.15, 0.2) is 29.2 Å². The van der Waals surface area contributed by atoms with Gasteiger partial charge in [0.1, 0.15) is 0 Å². The molecule has 3 N–H and O–H groups in total. The zero-order valence-electron chi connectivity index (χ0n) is 10.2. The number of sulfone groups is 1. The Balaban J connectivity index is 0.00000200. The SMILES string of the molecule is Cl.NC1(C(=O)Nc2cccc(S(=O)(=O)C(F)F)c2)CC1. The molecule has 1 aromatic carbocycles. The molecule has 5 nitrogen and oxygen atoms in total. The number of carbonyl (C=O) groups excluding carboxylic acids is 1. The molecule has 9 heteroatoms. The molecule has 1 aliphatic rings. The Kier molecular flexibility index (Phi) is 4.73. The molecule has 0 radical (unpaired) electrons. The van der Waals surface area contributed by atoms with Gasteiger partial charge in [-0.15, -0.1) is 12.4 Å². The van der Waals surface area contributed by atoms with E-state index in [0.717, 1.165) is 12.1 Å². The smallest absolute Gasteiger partial charge is 0.324 e. The van der Waals surface area contributed by atoms with Crippen LogP contribution in [0, 0.1) is 0 Å². The number of halogens is 3. The maximum atomic E-state index is 12.4. The lowest BCUT2D eigenvalue weighted by Gasteiger charge is -2.11. The molecule has 1 fully saturated rings. The summed E-state index contributed by atoms with van der Waals surface area (Å²) in [6.45, 7) is 0. The van der Waals surface area contributed by atoms with Crippen molar-refractivity contribution in [1.82, 2.24) is 0 Å². The molecular formula is C11H13ClF2N2O3S. The average Bonchev–Trinajstić information content (AvgIpc) is 3.09. The van der Waals surface area contributed by atoms with Gasteiger partial charge in [0.15, 0.2) is 0 Å². The largest absolute Gasteiger partial charge is 0.341 e. The van der Waals surface area contributed by atoms with E-state index in [2.05, 4.69) is 5.32 Å². The number of hydrogen-bond donors (Lipinski definition) is 2. The molecule has 2 rings (SSSR count). The molecule has 1 saturated carbocycles. The second-order valence-corrected chi connectivity index (χ2v) is 6.36. The maximum absolute atomic E-state index is 12.4. The molecular weight excluding hydrogens is 314 g/mol. The average molecular weight is 327 g/mol. The van der Waals surface area contributed by atoms with Gasteiger partial charge < -0.3 is 11.1 Å². The molecule has 0 spiro atoms. The van der Waals surface area contributed by atoms with Gasteiger partial charge in [0, 0.05) is 5.69 Å². The molecule has 112 valence electrons. The van der Waals surface area contributed by atoms with E-state index in [9.17, 15) is 22.0 Å². The number of amides is 1. The zero-order valence-corrected chi connectivity index (χ0v) is 11.8. The highest BCUT2D eigenvalue weighted by atomic mass is 35.5. The van der Waals surface area contributed by atoms with Gasteiger partial charge in [-0.05, 0) is 31.0 Å². The summed E-state index contributed by atoms with van der Waals surface area (Å²) in [5, 5.41) is 2.42. The molecule has 0 atom stereocenters. The lowest BCUT2D eigenvalue weighted by molar-refractivity contribution is -0.118. The fourth-order valence-corrected chi connectivity index (χ4v) is 2.24. The van der Waals surface area contributed by atoms with Crippen molar-refractivity contribution in [1.29, 1.82) is 0 Å². The van der Waals surface area contributed by atoms with Crippen LogP contribution >= 0.6 is 12.4 Å². The van der Waals surface area contributed by atoms with Gasteiger partial charge in [0.2, 0.25) is 15.7 Å². The highest BCUT2D eigenvalue weighted by Crippen LogP contribution is 2.33. The summed E-state index contributed by atoms with van der Waals surface area (Å²) in [5.74, 6) is -3.94. The van der Waals surface area contributed by atoms with E-state index >= 15 is 0 Å². The summed E-state index contributed by atoms with van der Waals surface area (Å²) >= 11 is 0. The topological polar surface area (TPSA) is 89.3 Å². The summed E-state index contributed by atoms with van der Waals surface area (Å²) in [6, 6.07) is 4.73. The molecule has 0 heterocycles. The molecule has 0 aromatic heterocycles. The van der Waals surface area contributed by atoms with Crippen LogP contribution in [0.25, 0.3) is 0 Å². The van der Waals surface area contributed by atoms with E-state index < -0.39 is 31.9 Å². The molecule has 1 amide bonds. The molecule has 0 aliphatic heterocycles. The second-order valence-electron chi connectivity index (χ2n) is 4.44. The number of alkyl halides is 2. The van der Waals surface area contributed by atoms with E-state index in [1.165, 1.54) is 12.1 Å². The van der Waals surface area contributed by atoms with Crippen LogP contribution in [0.1, 0.15) is 12.8 Å². The first-order valence-electron chi connectivity index (χ1n) is 5.48. The van der Waals surface area contributed by atoms with Gasteiger partial charge in [0.05, 0.1) is 10.4 Å². The Labute approximate surface area is 120 Å². The Morgan fingerprint density at radius 2 is 1.95 bits per heavy atom. The Bertz CT molecular complexity index is 618. The van der Waals surface area contributed by atoms with Crippen molar-refractivity contribution >= 4 is 33.8 Å².